The quantitative estimate of drug-likeness (QED) is 0.154. The van der Waals surface area contributed by atoms with E-state index in [1.165, 1.54) is 6.42 Å². The van der Waals surface area contributed by atoms with Gasteiger partial charge >= 0.3 is 0 Å². The lowest BCUT2D eigenvalue weighted by Gasteiger charge is -2.26. The second-order valence-corrected chi connectivity index (χ2v) is 11.9. The molecule has 0 spiro atoms. The van der Waals surface area contributed by atoms with Gasteiger partial charge in [-0.05, 0) is 62.4 Å². The number of benzene rings is 2. The average molecular weight is 591 g/mol. The molecule has 4 aromatic rings. The number of hydrogen-bond acceptors (Lipinski definition) is 6. The molecule has 2 unspecified atom stereocenters. The van der Waals surface area contributed by atoms with Crippen LogP contribution in [-0.4, -0.2) is 39.6 Å². The molecule has 2 aromatic carbocycles. The van der Waals surface area contributed by atoms with Crippen molar-refractivity contribution in [2.45, 2.75) is 53.0 Å². The third-order valence-corrected chi connectivity index (χ3v) is 8.72. The molecular weight excluding hydrogens is 552 g/mol. The molecule has 2 aliphatic rings. The van der Waals surface area contributed by atoms with E-state index in [2.05, 4.69) is 32.5 Å². The number of carbonyl (C=O) groups is 2. The topological polar surface area (TPSA) is 141 Å². The molecule has 0 radical (unpaired) electrons. The molecule has 2 aromatic heterocycles. The Hall–Kier alpha value is -4.99. The summed E-state index contributed by atoms with van der Waals surface area (Å²) in [7, 11) is 1.81. The molecule has 10 heteroatoms. The molecule has 5 N–H and O–H groups in total. The summed E-state index contributed by atoms with van der Waals surface area (Å²) in [6.45, 7) is 6.42. The second-order valence-electron chi connectivity index (χ2n) is 11.9. The van der Waals surface area contributed by atoms with Crippen molar-refractivity contribution in [1.29, 1.82) is 0 Å². The van der Waals surface area contributed by atoms with E-state index < -0.39 is 0 Å². The van der Waals surface area contributed by atoms with Crippen molar-refractivity contribution in [1.82, 2.24) is 20.3 Å². The Morgan fingerprint density at radius 1 is 1.18 bits per heavy atom. The first-order chi connectivity index (χ1) is 21.2. The molecule has 6 rings (SSSR count). The summed E-state index contributed by atoms with van der Waals surface area (Å²) >= 11 is 0. The fourth-order valence-corrected chi connectivity index (χ4v) is 6.31. The lowest BCUT2D eigenvalue weighted by atomic mass is 9.82. The Labute approximate surface area is 256 Å². The second kappa shape index (κ2) is 11.9. The van der Waals surface area contributed by atoms with Crippen molar-refractivity contribution < 1.29 is 9.59 Å². The Morgan fingerprint density at radius 3 is 2.80 bits per heavy atom. The molecule has 0 saturated heterocycles. The van der Waals surface area contributed by atoms with Crippen LogP contribution in [0.3, 0.4) is 0 Å². The van der Waals surface area contributed by atoms with Gasteiger partial charge in [0.25, 0.3) is 11.9 Å². The summed E-state index contributed by atoms with van der Waals surface area (Å²) in [5.74, 6) is 1.07. The van der Waals surface area contributed by atoms with Crippen molar-refractivity contribution in [3.63, 3.8) is 0 Å². The third kappa shape index (κ3) is 5.55. The molecule has 3 heterocycles. The fraction of sp³-hybridized carbons (Fsp3) is 0.324. The van der Waals surface area contributed by atoms with Gasteiger partial charge in [-0.15, -0.1) is 0 Å². The van der Waals surface area contributed by atoms with Crippen LogP contribution >= 0.6 is 0 Å². The number of H-pyrrole nitrogens is 1. The number of hydrogen-bond donors (Lipinski definition) is 4. The number of nitrogens with two attached hydrogens (primary N) is 1. The molecule has 226 valence electrons. The van der Waals surface area contributed by atoms with Crippen LogP contribution in [0.2, 0.25) is 0 Å². The number of rotatable bonds is 7. The Morgan fingerprint density at radius 2 is 2.00 bits per heavy atom. The van der Waals surface area contributed by atoms with E-state index in [0.717, 1.165) is 63.9 Å². The number of nitrogens with one attached hydrogen (secondary N) is 3. The zero-order chi connectivity index (χ0) is 31.0. The summed E-state index contributed by atoms with van der Waals surface area (Å²) < 4.78 is 0. The van der Waals surface area contributed by atoms with Gasteiger partial charge in [-0.1, -0.05) is 38.0 Å². The normalized spacial score (nSPS) is 18.9. The zero-order valence-corrected chi connectivity index (χ0v) is 25.6. The van der Waals surface area contributed by atoms with E-state index in [-0.39, 0.29) is 23.7 Å². The maximum absolute atomic E-state index is 13.7. The van der Waals surface area contributed by atoms with E-state index in [4.69, 9.17) is 10.7 Å². The first-order valence-corrected chi connectivity index (χ1v) is 15.1. The van der Waals surface area contributed by atoms with Gasteiger partial charge in [0.1, 0.15) is 5.84 Å². The van der Waals surface area contributed by atoms with E-state index in [1.807, 2.05) is 63.5 Å². The summed E-state index contributed by atoms with van der Waals surface area (Å²) in [4.78, 5) is 45.5. The minimum absolute atomic E-state index is 0.00994. The first kappa shape index (κ1) is 29.1. The predicted octanol–water partition coefficient (Wildman–Crippen LogP) is 5.97. The molecule has 0 bridgehead atoms. The molecular formula is C34H38N8O2. The van der Waals surface area contributed by atoms with Crippen LogP contribution in [0.15, 0.2) is 65.6 Å². The van der Waals surface area contributed by atoms with Gasteiger partial charge in [-0.25, -0.2) is 9.97 Å². The van der Waals surface area contributed by atoms with Crippen molar-refractivity contribution in [2.24, 2.45) is 22.6 Å². The average Bonchev–Trinajstić information content (AvgIpc) is 3.60. The highest BCUT2D eigenvalue weighted by atomic mass is 16.2. The predicted molar refractivity (Wildman–Crippen MR) is 175 cm³/mol. The van der Waals surface area contributed by atoms with Crippen molar-refractivity contribution in [3.05, 3.63) is 77.3 Å². The van der Waals surface area contributed by atoms with Gasteiger partial charge in [0.15, 0.2) is 0 Å². The lowest BCUT2D eigenvalue weighted by Crippen LogP contribution is -2.27. The van der Waals surface area contributed by atoms with E-state index in [9.17, 15) is 9.59 Å². The number of para-hydroxylation sites is 1. The van der Waals surface area contributed by atoms with Gasteiger partial charge in [-0.3, -0.25) is 9.59 Å². The number of allylic oxidation sites excluding steroid dienone is 1. The van der Waals surface area contributed by atoms with E-state index in [1.54, 1.807) is 17.2 Å². The highest BCUT2D eigenvalue weighted by Crippen LogP contribution is 2.39. The summed E-state index contributed by atoms with van der Waals surface area (Å²) in [6.07, 6.45) is 9.42. The Bertz CT molecular complexity index is 1820. The number of amides is 2. The van der Waals surface area contributed by atoms with Gasteiger partial charge in [-0.2, -0.15) is 4.99 Å². The number of amidine groups is 1. The number of aliphatic imine (C=N–C) groups is 1. The largest absolute Gasteiger partial charge is 0.392 e. The number of fused-ring (bicyclic) bond motifs is 2. The van der Waals surface area contributed by atoms with Crippen molar-refractivity contribution >= 4 is 45.9 Å². The van der Waals surface area contributed by atoms with Crippen molar-refractivity contribution in [2.75, 3.05) is 17.3 Å². The number of nitrogens with zero attached hydrogens (tertiary/aromatic N) is 4. The summed E-state index contributed by atoms with van der Waals surface area (Å²) in [5, 5.41) is 7.10. The fourth-order valence-electron chi connectivity index (χ4n) is 6.31. The highest BCUT2D eigenvalue weighted by molar-refractivity contribution is 6.15. The van der Waals surface area contributed by atoms with Crippen LogP contribution in [0.4, 0.5) is 17.3 Å². The molecule has 2 amide bonds. The standard InChI is InChI=1S/C34H38N8O2/c1-19-8-5-9-22(14-19)32(43)39-27-12-6-11-24-26(27)18-42(33(24)44)28-13-7-10-23-25(17-37-31(23)28)30-20(2)16-38-34(41-30)40-29(35)15-21(3)36-4/h6-7,10-13,15-17,19,22,36-37H,5,8-9,14,18H2,1-4H3,(H,39,43)(H2,35,38,40,41)/b21-15-. The molecule has 2 atom stereocenters. The molecule has 1 fully saturated rings. The third-order valence-electron chi connectivity index (χ3n) is 8.72. The van der Waals surface area contributed by atoms with Gasteiger partial charge < -0.3 is 26.3 Å². The smallest absolute Gasteiger partial charge is 0.259 e. The summed E-state index contributed by atoms with van der Waals surface area (Å²) in [5.41, 5.74) is 13.2. The molecule has 1 saturated carbocycles. The number of aryl methyl sites for hydroxylation is 1. The Balaban J connectivity index is 1.30. The maximum atomic E-state index is 13.7. The number of carbonyl (C=O) groups excluding carboxylic acids is 2. The molecule has 44 heavy (non-hydrogen) atoms. The lowest BCUT2D eigenvalue weighted by molar-refractivity contribution is -0.121. The molecule has 1 aliphatic carbocycles. The summed E-state index contributed by atoms with van der Waals surface area (Å²) in [6, 6.07) is 11.5. The first-order valence-electron chi connectivity index (χ1n) is 15.1. The van der Waals surface area contributed by atoms with Crippen LogP contribution < -0.4 is 21.3 Å². The monoisotopic (exact) mass is 590 g/mol. The van der Waals surface area contributed by atoms with E-state index in [0.29, 0.717) is 29.5 Å². The Kier molecular flexibility index (Phi) is 7.90. The SMILES string of the molecule is CN/C(C)=C\C(N)=N/c1ncc(C)c(-c2c[nH]c3c(N4Cc5c(NC(=O)C6CCCC(C)C6)cccc5C4=O)cccc23)n1. The van der Waals surface area contributed by atoms with E-state index >= 15 is 0 Å². The van der Waals surface area contributed by atoms with Crippen LogP contribution in [0.5, 0.6) is 0 Å². The van der Waals surface area contributed by atoms with Crippen LogP contribution in [0.1, 0.15) is 61.0 Å². The number of anilines is 2. The number of aromatic amines is 1. The minimum Gasteiger partial charge on any atom is -0.392 e. The van der Waals surface area contributed by atoms with Crippen molar-refractivity contribution in [3.8, 4) is 11.3 Å². The van der Waals surface area contributed by atoms with Crippen LogP contribution in [-0.2, 0) is 11.3 Å². The highest BCUT2D eigenvalue weighted by Gasteiger charge is 2.33. The van der Waals surface area contributed by atoms with Gasteiger partial charge in [0.05, 0.1) is 23.4 Å². The maximum Gasteiger partial charge on any atom is 0.259 e. The molecule has 10 nitrogen and oxygen atoms in total. The van der Waals surface area contributed by atoms with Crippen LogP contribution in [0, 0.1) is 18.8 Å². The van der Waals surface area contributed by atoms with Gasteiger partial charge in [0.2, 0.25) is 5.91 Å². The van der Waals surface area contributed by atoms with Gasteiger partial charge in [0, 0.05) is 58.8 Å². The zero-order valence-electron chi connectivity index (χ0n) is 25.6. The van der Waals surface area contributed by atoms with Crippen LogP contribution in [0.25, 0.3) is 22.2 Å². The number of aromatic nitrogens is 3. The molecule has 1 aliphatic heterocycles. The minimum atomic E-state index is -0.0960.